The monoisotopic (exact) mass is 288 g/mol. The summed E-state index contributed by atoms with van der Waals surface area (Å²) in [5.41, 5.74) is 1.34. The van der Waals surface area contributed by atoms with Crippen molar-refractivity contribution in [2.75, 3.05) is 0 Å². The highest BCUT2D eigenvalue weighted by molar-refractivity contribution is 5.25. The molecule has 1 nitrogen and oxygen atoms in total. The zero-order valence-electron chi connectivity index (χ0n) is 13.5. The van der Waals surface area contributed by atoms with Crippen LogP contribution in [0.15, 0.2) is 36.9 Å². The first-order valence-electron chi connectivity index (χ1n) is 8.72. The standard InChI is InChI=1S/C20H32O/c1-2-3-4-5-6-7-8-9-10-11-12-13-14-19-15-17-20(21)18-16-19/h2,15-18,21H,1,3-14H2. The molecule has 118 valence electrons. The Morgan fingerprint density at radius 2 is 1.19 bits per heavy atom. The largest absolute Gasteiger partial charge is 0.508 e. The maximum Gasteiger partial charge on any atom is 0.115 e. The summed E-state index contributed by atoms with van der Waals surface area (Å²) in [6.45, 7) is 3.76. The van der Waals surface area contributed by atoms with E-state index in [-0.39, 0.29) is 0 Å². The van der Waals surface area contributed by atoms with Crippen molar-refractivity contribution in [1.82, 2.24) is 0 Å². The van der Waals surface area contributed by atoms with Gasteiger partial charge in [-0.05, 0) is 43.4 Å². The van der Waals surface area contributed by atoms with Crippen LogP contribution in [0.2, 0.25) is 0 Å². The van der Waals surface area contributed by atoms with Crippen LogP contribution in [0.1, 0.15) is 76.2 Å². The predicted octanol–water partition coefficient (Wildman–Crippen LogP) is 6.41. The Morgan fingerprint density at radius 1 is 0.714 bits per heavy atom. The Bertz CT molecular complexity index is 353. The SMILES string of the molecule is C=CCCCCCCCCCCCCc1ccc(O)cc1. The fourth-order valence-electron chi connectivity index (χ4n) is 2.69. The van der Waals surface area contributed by atoms with Crippen molar-refractivity contribution in [2.24, 2.45) is 0 Å². The minimum atomic E-state index is 0.364. The van der Waals surface area contributed by atoms with E-state index in [4.69, 9.17) is 0 Å². The van der Waals surface area contributed by atoms with Crippen molar-refractivity contribution in [1.29, 1.82) is 0 Å². The number of allylic oxidation sites excluding steroid dienone is 1. The average molecular weight is 288 g/mol. The number of hydrogen-bond donors (Lipinski definition) is 1. The fraction of sp³-hybridized carbons (Fsp3) is 0.600. The molecule has 1 heteroatoms. The number of phenols is 1. The van der Waals surface area contributed by atoms with E-state index in [1.165, 1.54) is 76.2 Å². The van der Waals surface area contributed by atoms with Crippen LogP contribution in [0, 0.1) is 0 Å². The summed E-state index contributed by atoms with van der Waals surface area (Å²) in [7, 11) is 0. The summed E-state index contributed by atoms with van der Waals surface area (Å²) >= 11 is 0. The zero-order chi connectivity index (χ0) is 15.2. The van der Waals surface area contributed by atoms with E-state index in [2.05, 4.69) is 6.58 Å². The second-order valence-corrected chi connectivity index (χ2v) is 6.03. The molecule has 0 aliphatic heterocycles. The maximum atomic E-state index is 9.23. The lowest BCUT2D eigenvalue weighted by Crippen LogP contribution is -1.86. The van der Waals surface area contributed by atoms with Crippen LogP contribution in [-0.4, -0.2) is 5.11 Å². The molecule has 21 heavy (non-hydrogen) atoms. The smallest absolute Gasteiger partial charge is 0.115 e. The van der Waals surface area contributed by atoms with Gasteiger partial charge in [0.25, 0.3) is 0 Å². The summed E-state index contributed by atoms with van der Waals surface area (Å²) in [5, 5.41) is 9.23. The lowest BCUT2D eigenvalue weighted by molar-refractivity contribution is 0.475. The zero-order valence-corrected chi connectivity index (χ0v) is 13.5. The van der Waals surface area contributed by atoms with E-state index in [0.717, 1.165) is 6.42 Å². The van der Waals surface area contributed by atoms with Gasteiger partial charge in [0.1, 0.15) is 5.75 Å². The topological polar surface area (TPSA) is 20.2 Å². The number of rotatable bonds is 13. The van der Waals surface area contributed by atoms with Gasteiger partial charge in [-0.3, -0.25) is 0 Å². The molecule has 1 aromatic rings. The first-order valence-corrected chi connectivity index (χ1v) is 8.72. The number of phenolic OH excluding ortho intramolecular Hbond substituents is 1. The molecular formula is C20H32O. The van der Waals surface area contributed by atoms with Crippen LogP contribution >= 0.6 is 0 Å². The molecule has 1 aromatic carbocycles. The van der Waals surface area contributed by atoms with Gasteiger partial charge in [-0.2, -0.15) is 0 Å². The van der Waals surface area contributed by atoms with E-state index in [1.807, 2.05) is 18.2 Å². The average Bonchev–Trinajstić information content (AvgIpc) is 2.50. The molecule has 0 amide bonds. The van der Waals surface area contributed by atoms with Crippen LogP contribution in [0.3, 0.4) is 0 Å². The van der Waals surface area contributed by atoms with Gasteiger partial charge < -0.3 is 5.11 Å². The molecule has 0 atom stereocenters. The van der Waals surface area contributed by atoms with Crippen molar-refractivity contribution >= 4 is 0 Å². The van der Waals surface area contributed by atoms with Crippen LogP contribution in [0.25, 0.3) is 0 Å². The van der Waals surface area contributed by atoms with Crippen LogP contribution < -0.4 is 0 Å². The molecular weight excluding hydrogens is 256 g/mol. The van der Waals surface area contributed by atoms with Crippen LogP contribution in [0.4, 0.5) is 0 Å². The van der Waals surface area contributed by atoms with Crippen molar-refractivity contribution in [2.45, 2.75) is 77.0 Å². The second-order valence-electron chi connectivity index (χ2n) is 6.03. The lowest BCUT2D eigenvalue weighted by atomic mass is 10.0. The third-order valence-corrected chi connectivity index (χ3v) is 4.06. The molecule has 0 unspecified atom stereocenters. The molecule has 1 rings (SSSR count). The molecule has 0 fully saturated rings. The van der Waals surface area contributed by atoms with Crippen molar-refractivity contribution in [3.8, 4) is 5.75 Å². The Balaban J connectivity index is 1.82. The van der Waals surface area contributed by atoms with Gasteiger partial charge in [0.2, 0.25) is 0 Å². The number of aryl methyl sites for hydroxylation is 1. The van der Waals surface area contributed by atoms with Gasteiger partial charge in [0.15, 0.2) is 0 Å². The third-order valence-electron chi connectivity index (χ3n) is 4.06. The third kappa shape index (κ3) is 10.2. The van der Waals surface area contributed by atoms with E-state index >= 15 is 0 Å². The van der Waals surface area contributed by atoms with Gasteiger partial charge in [-0.25, -0.2) is 0 Å². The van der Waals surface area contributed by atoms with Crippen LogP contribution in [-0.2, 0) is 6.42 Å². The van der Waals surface area contributed by atoms with Gasteiger partial charge in [0.05, 0.1) is 0 Å². The molecule has 0 spiro atoms. The van der Waals surface area contributed by atoms with Crippen LogP contribution in [0.5, 0.6) is 5.75 Å². The quantitative estimate of drug-likeness (QED) is 0.328. The Morgan fingerprint density at radius 3 is 1.71 bits per heavy atom. The molecule has 0 radical (unpaired) electrons. The van der Waals surface area contributed by atoms with E-state index in [1.54, 1.807) is 12.1 Å². The molecule has 0 heterocycles. The van der Waals surface area contributed by atoms with E-state index in [0.29, 0.717) is 5.75 Å². The van der Waals surface area contributed by atoms with Crippen molar-refractivity contribution in [3.63, 3.8) is 0 Å². The minimum Gasteiger partial charge on any atom is -0.508 e. The highest BCUT2D eigenvalue weighted by Gasteiger charge is 1.95. The van der Waals surface area contributed by atoms with Gasteiger partial charge in [-0.15, -0.1) is 6.58 Å². The highest BCUT2D eigenvalue weighted by Crippen LogP contribution is 2.14. The summed E-state index contributed by atoms with van der Waals surface area (Å²) in [5.74, 6) is 0.364. The number of unbranched alkanes of at least 4 members (excludes halogenated alkanes) is 10. The Labute approximate surface area is 131 Å². The highest BCUT2D eigenvalue weighted by atomic mass is 16.3. The van der Waals surface area contributed by atoms with Crippen molar-refractivity contribution in [3.05, 3.63) is 42.5 Å². The lowest BCUT2D eigenvalue weighted by Gasteiger charge is -2.03. The van der Waals surface area contributed by atoms with E-state index in [9.17, 15) is 5.11 Å². The van der Waals surface area contributed by atoms with E-state index < -0.39 is 0 Å². The molecule has 0 aromatic heterocycles. The van der Waals surface area contributed by atoms with Gasteiger partial charge >= 0.3 is 0 Å². The molecule has 0 aliphatic carbocycles. The number of hydrogen-bond acceptors (Lipinski definition) is 1. The summed E-state index contributed by atoms with van der Waals surface area (Å²) in [6, 6.07) is 7.62. The molecule has 1 N–H and O–H groups in total. The summed E-state index contributed by atoms with van der Waals surface area (Å²) in [4.78, 5) is 0. The Kier molecular flexibility index (Phi) is 10.6. The normalized spacial score (nSPS) is 10.7. The fourth-order valence-corrected chi connectivity index (χ4v) is 2.69. The first-order chi connectivity index (χ1) is 10.3. The van der Waals surface area contributed by atoms with Crippen molar-refractivity contribution < 1.29 is 5.11 Å². The second kappa shape index (κ2) is 12.5. The predicted molar refractivity (Wildman–Crippen MR) is 92.8 cm³/mol. The summed E-state index contributed by atoms with van der Waals surface area (Å²) in [6.07, 6.45) is 18.0. The molecule has 0 aliphatic rings. The van der Waals surface area contributed by atoms with Gasteiger partial charge in [0, 0.05) is 0 Å². The number of benzene rings is 1. The first kappa shape index (κ1) is 17.8. The molecule has 0 saturated carbocycles. The Hall–Kier alpha value is -1.24. The molecule has 0 bridgehead atoms. The maximum absolute atomic E-state index is 9.23. The minimum absolute atomic E-state index is 0.364. The van der Waals surface area contributed by atoms with Gasteiger partial charge in [-0.1, -0.05) is 69.6 Å². The summed E-state index contributed by atoms with van der Waals surface area (Å²) < 4.78 is 0. The number of aromatic hydroxyl groups is 1. The molecule has 0 saturated heterocycles.